The molecule has 0 spiro atoms. The lowest BCUT2D eigenvalue weighted by Gasteiger charge is -2.13. The number of nitrogens with zero attached hydrogens (tertiary/aromatic N) is 2. The van der Waals surface area contributed by atoms with Gasteiger partial charge in [0.15, 0.2) is 5.82 Å². The second-order valence-corrected chi connectivity index (χ2v) is 8.21. The Morgan fingerprint density at radius 3 is 2.74 bits per heavy atom. The molecule has 0 amide bonds. The summed E-state index contributed by atoms with van der Waals surface area (Å²) in [5, 5.41) is 15.0. The van der Waals surface area contributed by atoms with Crippen molar-refractivity contribution in [3.05, 3.63) is 64.0 Å². The molecule has 1 fully saturated rings. The van der Waals surface area contributed by atoms with Crippen molar-refractivity contribution in [2.24, 2.45) is 0 Å². The van der Waals surface area contributed by atoms with E-state index in [1.807, 2.05) is 42.5 Å². The van der Waals surface area contributed by atoms with Gasteiger partial charge in [0.25, 0.3) is 5.56 Å². The summed E-state index contributed by atoms with van der Waals surface area (Å²) in [5.41, 5.74) is 3.52. The van der Waals surface area contributed by atoms with Gasteiger partial charge in [-0.3, -0.25) is 9.89 Å². The first kappa shape index (κ1) is 19.8. The molecule has 7 nitrogen and oxygen atoms in total. The highest BCUT2D eigenvalue weighted by atomic mass is 35.5. The largest absolute Gasteiger partial charge is 0.365 e. The molecule has 0 atom stereocenters. The molecule has 1 aliphatic rings. The van der Waals surface area contributed by atoms with Gasteiger partial charge in [-0.15, -0.1) is 0 Å². The summed E-state index contributed by atoms with van der Waals surface area (Å²) < 4.78 is 0. The summed E-state index contributed by atoms with van der Waals surface area (Å²) in [5.74, 6) is 0.324. The molecule has 1 saturated carbocycles. The summed E-state index contributed by atoms with van der Waals surface area (Å²) in [7, 11) is 0. The van der Waals surface area contributed by atoms with Gasteiger partial charge < -0.3 is 15.6 Å². The SMILES string of the molecule is O=c1[nH]c(-c2cc(Cl)c3[nH]ncc3c2)c(-c2ccccc2)nc1NCCCNC1CC1. The van der Waals surface area contributed by atoms with Crippen molar-refractivity contribution in [2.75, 3.05) is 18.4 Å². The molecule has 0 bridgehead atoms. The molecule has 2 aromatic heterocycles. The first-order valence-corrected chi connectivity index (χ1v) is 10.9. The number of H-pyrrole nitrogens is 2. The monoisotopic (exact) mass is 434 g/mol. The van der Waals surface area contributed by atoms with Crippen molar-refractivity contribution in [3.63, 3.8) is 0 Å². The van der Waals surface area contributed by atoms with Crippen LogP contribution in [0.25, 0.3) is 33.4 Å². The Morgan fingerprint density at radius 1 is 1.10 bits per heavy atom. The van der Waals surface area contributed by atoms with Crippen LogP contribution in [-0.2, 0) is 0 Å². The number of aromatic nitrogens is 4. The number of hydrogen-bond donors (Lipinski definition) is 4. The third kappa shape index (κ3) is 4.33. The van der Waals surface area contributed by atoms with Crippen LogP contribution >= 0.6 is 11.6 Å². The van der Waals surface area contributed by atoms with E-state index < -0.39 is 0 Å². The van der Waals surface area contributed by atoms with E-state index in [4.69, 9.17) is 16.6 Å². The van der Waals surface area contributed by atoms with Gasteiger partial charge in [0, 0.05) is 29.1 Å². The Morgan fingerprint density at radius 2 is 1.94 bits per heavy atom. The van der Waals surface area contributed by atoms with Gasteiger partial charge in [0.2, 0.25) is 0 Å². The van der Waals surface area contributed by atoms with E-state index in [1.54, 1.807) is 6.20 Å². The third-order valence-corrected chi connectivity index (χ3v) is 5.71. The minimum Gasteiger partial charge on any atom is -0.365 e. The Labute approximate surface area is 184 Å². The quantitative estimate of drug-likeness (QED) is 0.312. The maximum absolute atomic E-state index is 12.8. The number of rotatable bonds is 8. The number of nitrogens with one attached hydrogen (secondary N) is 4. The van der Waals surface area contributed by atoms with Crippen LogP contribution in [0.4, 0.5) is 5.82 Å². The van der Waals surface area contributed by atoms with Gasteiger partial charge in [-0.25, -0.2) is 4.98 Å². The second-order valence-electron chi connectivity index (χ2n) is 7.81. The standard InChI is InChI=1S/C23H23ClN6O/c24-18-12-15(11-16-13-27-30-19(16)18)21-20(14-5-2-1-3-6-14)28-22(23(31)29-21)26-10-4-9-25-17-7-8-17/h1-3,5-6,11-13,17,25H,4,7-10H2,(H,26,28)(H,27,30)(H,29,31). The van der Waals surface area contributed by atoms with Crippen LogP contribution in [0.2, 0.25) is 5.02 Å². The molecule has 1 aliphatic carbocycles. The van der Waals surface area contributed by atoms with E-state index >= 15 is 0 Å². The molecule has 0 saturated heterocycles. The molecule has 2 heterocycles. The minimum atomic E-state index is -0.256. The lowest BCUT2D eigenvalue weighted by atomic mass is 10.0. The maximum atomic E-state index is 12.8. The van der Waals surface area contributed by atoms with Crippen LogP contribution in [0.1, 0.15) is 19.3 Å². The predicted octanol–water partition coefficient (Wildman–Crippen LogP) is 4.19. The summed E-state index contributed by atoms with van der Waals surface area (Å²) in [6, 6.07) is 14.3. The van der Waals surface area contributed by atoms with Crippen LogP contribution in [-0.4, -0.2) is 39.3 Å². The van der Waals surface area contributed by atoms with Gasteiger partial charge in [-0.05, 0) is 37.9 Å². The molecule has 158 valence electrons. The average Bonchev–Trinajstić information content (AvgIpc) is 3.48. The number of halogens is 1. The van der Waals surface area contributed by atoms with Gasteiger partial charge >= 0.3 is 0 Å². The first-order valence-electron chi connectivity index (χ1n) is 10.5. The minimum absolute atomic E-state index is 0.256. The van der Waals surface area contributed by atoms with Crippen molar-refractivity contribution in [2.45, 2.75) is 25.3 Å². The molecule has 2 aromatic carbocycles. The molecule has 0 radical (unpaired) electrons. The molecule has 0 aliphatic heterocycles. The number of benzene rings is 2. The van der Waals surface area contributed by atoms with Crippen molar-refractivity contribution < 1.29 is 0 Å². The molecular weight excluding hydrogens is 412 g/mol. The van der Waals surface area contributed by atoms with E-state index in [-0.39, 0.29) is 5.56 Å². The zero-order chi connectivity index (χ0) is 21.2. The maximum Gasteiger partial charge on any atom is 0.291 e. The number of fused-ring (bicyclic) bond motifs is 1. The summed E-state index contributed by atoms with van der Waals surface area (Å²) in [6.07, 6.45) is 5.17. The van der Waals surface area contributed by atoms with E-state index in [2.05, 4.69) is 25.8 Å². The van der Waals surface area contributed by atoms with Crippen molar-refractivity contribution in [3.8, 4) is 22.5 Å². The lowest BCUT2D eigenvalue weighted by Crippen LogP contribution is -2.23. The normalized spacial score (nSPS) is 13.6. The van der Waals surface area contributed by atoms with Crippen LogP contribution in [0.3, 0.4) is 0 Å². The zero-order valence-corrected chi connectivity index (χ0v) is 17.7. The lowest BCUT2D eigenvalue weighted by molar-refractivity contribution is 0.658. The Hall–Kier alpha value is -3.16. The number of anilines is 1. The molecular formula is C23H23ClN6O. The van der Waals surface area contributed by atoms with Crippen LogP contribution in [0, 0.1) is 0 Å². The van der Waals surface area contributed by atoms with E-state index in [0.29, 0.717) is 34.8 Å². The Balaban J connectivity index is 1.50. The van der Waals surface area contributed by atoms with Crippen LogP contribution in [0.15, 0.2) is 53.5 Å². The Bertz CT molecular complexity index is 1260. The molecule has 0 unspecified atom stereocenters. The van der Waals surface area contributed by atoms with Gasteiger partial charge in [0.05, 0.1) is 28.1 Å². The first-order chi connectivity index (χ1) is 15.2. The van der Waals surface area contributed by atoms with Crippen LogP contribution < -0.4 is 16.2 Å². The van der Waals surface area contributed by atoms with E-state index in [1.165, 1.54) is 12.8 Å². The number of hydrogen-bond acceptors (Lipinski definition) is 5. The number of aromatic amines is 2. The topological polar surface area (TPSA) is 98.5 Å². The average molecular weight is 435 g/mol. The fraction of sp³-hybridized carbons (Fsp3) is 0.261. The Kier molecular flexibility index (Phi) is 5.44. The molecule has 31 heavy (non-hydrogen) atoms. The van der Waals surface area contributed by atoms with Gasteiger partial charge in [-0.1, -0.05) is 41.9 Å². The fourth-order valence-corrected chi connectivity index (χ4v) is 3.90. The van der Waals surface area contributed by atoms with Crippen LogP contribution in [0.5, 0.6) is 0 Å². The zero-order valence-electron chi connectivity index (χ0n) is 16.9. The summed E-state index contributed by atoms with van der Waals surface area (Å²) in [6.45, 7) is 1.61. The highest BCUT2D eigenvalue weighted by Crippen LogP contribution is 2.33. The summed E-state index contributed by atoms with van der Waals surface area (Å²) in [4.78, 5) is 20.6. The molecule has 4 aromatic rings. The van der Waals surface area contributed by atoms with Crippen molar-refractivity contribution >= 4 is 28.3 Å². The van der Waals surface area contributed by atoms with Crippen molar-refractivity contribution in [1.82, 2.24) is 25.5 Å². The fourth-order valence-electron chi connectivity index (χ4n) is 3.63. The summed E-state index contributed by atoms with van der Waals surface area (Å²) >= 11 is 6.45. The van der Waals surface area contributed by atoms with Gasteiger partial charge in [0.1, 0.15) is 0 Å². The molecule has 8 heteroatoms. The highest BCUT2D eigenvalue weighted by Gasteiger charge is 2.19. The highest BCUT2D eigenvalue weighted by molar-refractivity contribution is 6.35. The van der Waals surface area contributed by atoms with E-state index in [0.717, 1.165) is 35.0 Å². The van der Waals surface area contributed by atoms with Gasteiger partial charge in [-0.2, -0.15) is 5.10 Å². The second kappa shape index (κ2) is 8.53. The smallest absolute Gasteiger partial charge is 0.291 e. The molecule has 5 rings (SSSR count). The third-order valence-electron chi connectivity index (χ3n) is 5.41. The van der Waals surface area contributed by atoms with E-state index in [9.17, 15) is 4.79 Å². The van der Waals surface area contributed by atoms with Crippen molar-refractivity contribution in [1.29, 1.82) is 0 Å². The molecule has 4 N–H and O–H groups in total. The predicted molar refractivity (Wildman–Crippen MR) is 125 cm³/mol.